The molecular weight excluding hydrogens is 330 g/mol. The van der Waals surface area contributed by atoms with Gasteiger partial charge in [0.2, 0.25) is 0 Å². The zero-order chi connectivity index (χ0) is 14.5. The standard InChI is InChI=1S/C13H20BrNO3S/c1-4-13(5-2,12(16)17)8-15-7-9-6-10(14)11(18-3)19-9/h6,15H,4-5,7-8H2,1-3H3,(H,16,17). The second-order valence-electron chi connectivity index (χ2n) is 4.45. The van der Waals surface area contributed by atoms with Crippen molar-refractivity contribution in [1.82, 2.24) is 5.32 Å². The first-order valence-electron chi connectivity index (χ1n) is 6.25. The summed E-state index contributed by atoms with van der Waals surface area (Å²) in [5, 5.41) is 13.4. The van der Waals surface area contributed by atoms with Crippen LogP contribution in [0.25, 0.3) is 0 Å². The lowest BCUT2D eigenvalue weighted by Crippen LogP contribution is -2.39. The van der Waals surface area contributed by atoms with E-state index >= 15 is 0 Å². The summed E-state index contributed by atoms with van der Waals surface area (Å²) in [6.45, 7) is 4.98. The van der Waals surface area contributed by atoms with Crippen LogP contribution >= 0.6 is 27.3 Å². The van der Waals surface area contributed by atoms with Gasteiger partial charge in [0.1, 0.15) is 0 Å². The van der Waals surface area contributed by atoms with Gasteiger partial charge in [-0.05, 0) is 34.8 Å². The molecule has 1 rings (SSSR count). The van der Waals surface area contributed by atoms with Gasteiger partial charge in [0, 0.05) is 18.0 Å². The predicted molar refractivity (Wildman–Crippen MR) is 80.9 cm³/mol. The smallest absolute Gasteiger partial charge is 0.310 e. The summed E-state index contributed by atoms with van der Waals surface area (Å²) < 4.78 is 6.14. The molecule has 0 aromatic carbocycles. The van der Waals surface area contributed by atoms with E-state index in [0.29, 0.717) is 25.9 Å². The number of aliphatic carboxylic acids is 1. The summed E-state index contributed by atoms with van der Waals surface area (Å²) in [6.07, 6.45) is 1.26. The lowest BCUT2D eigenvalue weighted by atomic mass is 9.82. The second kappa shape index (κ2) is 7.26. The Morgan fingerprint density at radius 2 is 2.16 bits per heavy atom. The van der Waals surface area contributed by atoms with Gasteiger partial charge in [-0.2, -0.15) is 0 Å². The highest BCUT2D eigenvalue weighted by Crippen LogP contribution is 2.34. The molecule has 4 nitrogen and oxygen atoms in total. The number of nitrogens with one attached hydrogen (secondary N) is 1. The lowest BCUT2D eigenvalue weighted by molar-refractivity contribution is -0.149. The maximum atomic E-state index is 11.4. The van der Waals surface area contributed by atoms with Gasteiger partial charge in [0.25, 0.3) is 0 Å². The van der Waals surface area contributed by atoms with Crippen molar-refractivity contribution in [3.05, 3.63) is 15.4 Å². The normalized spacial score (nSPS) is 11.6. The van der Waals surface area contributed by atoms with Crippen molar-refractivity contribution in [2.45, 2.75) is 33.2 Å². The van der Waals surface area contributed by atoms with E-state index in [1.807, 2.05) is 19.9 Å². The molecule has 0 aliphatic heterocycles. The topological polar surface area (TPSA) is 58.6 Å². The number of methoxy groups -OCH3 is 1. The zero-order valence-corrected chi connectivity index (χ0v) is 13.9. The molecular formula is C13H20BrNO3S. The molecule has 0 amide bonds. The molecule has 108 valence electrons. The SMILES string of the molecule is CCC(CC)(CNCc1cc(Br)c(OC)s1)C(=O)O. The molecule has 0 spiro atoms. The molecule has 0 saturated heterocycles. The minimum atomic E-state index is -0.727. The Labute approximate surface area is 126 Å². The van der Waals surface area contributed by atoms with Gasteiger partial charge in [-0.15, -0.1) is 11.3 Å². The molecule has 0 fully saturated rings. The number of halogens is 1. The Morgan fingerprint density at radius 3 is 2.58 bits per heavy atom. The third-order valence-electron chi connectivity index (χ3n) is 3.46. The number of carboxylic acid groups (broad SMARTS) is 1. The van der Waals surface area contributed by atoms with Crippen LogP contribution in [0.5, 0.6) is 5.06 Å². The highest BCUT2D eigenvalue weighted by Gasteiger charge is 2.34. The Kier molecular flexibility index (Phi) is 6.29. The van der Waals surface area contributed by atoms with Crippen LogP contribution in [0, 0.1) is 5.41 Å². The molecule has 6 heteroatoms. The minimum absolute atomic E-state index is 0.479. The quantitative estimate of drug-likeness (QED) is 0.753. The highest BCUT2D eigenvalue weighted by atomic mass is 79.9. The van der Waals surface area contributed by atoms with Crippen molar-refractivity contribution in [3.63, 3.8) is 0 Å². The van der Waals surface area contributed by atoms with E-state index in [-0.39, 0.29) is 0 Å². The van der Waals surface area contributed by atoms with Gasteiger partial charge >= 0.3 is 5.97 Å². The van der Waals surface area contributed by atoms with E-state index in [4.69, 9.17) is 4.74 Å². The van der Waals surface area contributed by atoms with Crippen LogP contribution in [-0.2, 0) is 11.3 Å². The Morgan fingerprint density at radius 1 is 1.53 bits per heavy atom. The summed E-state index contributed by atoms with van der Waals surface area (Å²) in [7, 11) is 1.64. The van der Waals surface area contributed by atoms with Crippen LogP contribution in [0.15, 0.2) is 10.5 Å². The molecule has 1 aromatic rings. The summed E-state index contributed by atoms with van der Waals surface area (Å²) in [5.74, 6) is -0.727. The molecule has 1 aromatic heterocycles. The van der Waals surface area contributed by atoms with Gasteiger partial charge < -0.3 is 15.2 Å². The van der Waals surface area contributed by atoms with Crippen molar-refractivity contribution in [2.24, 2.45) is 5.41 Å². The van der Waals surface area contributed by atoms with Crippen LogP contribution in [0.2, 0.25) is 0 Å². The fourth-order valence-electron chi connectivity index (χ4n) is 1.93. The molecule has 0 saturated carbocycles. The summed E-state index contributed by atoms with van der Waals surface area (Å²) in [5.41, 5.74) is -0.668. The van der Waals surface area contributed by atoms with Crippen LogP contribution in [0.3, 0.4) is 0 Å². The van der Waals surface area contributed by atoms with Crippen LogP contribution < -0.4 is 10.1 Å². The molecule has 0 aliphatic carbocycles. The third-order valence-corrected chi connectivity index (χ3v) is 5.41. The van der Waals surface area contributed by atoms with E-state index in [1.165, 1.54) is 0 Å². The van der Waals surface area contributed by atoms with Gasteiger partial charge in [-0.25, -0.2) is 0 Å². The molecule has 0 atom stereocenters. The third kappa shape index (κ3) is 3.94. The first-order chi connectivity index (χ1) is 8.99. The fourth-order valence-corrected chi connectivity index (χ4v) is 3.59. The average molecular weight is 350 g/mol. The van der Waals surface area contributed by atoms with Crippen molar-refractivity contribution < 1.29 is 14.6 Å². The predicted octanol–water partition coefficient (Wildman–Crippen LogP) is 3.50. The molecule has 1 heterocycles. The second-order valence-corrected chi connectivity index (χ2v) is 6.40. The summed E-state index contributed by atoms with van der Waals surface area (Å²) in [4.78, 5) is 12.5. The monoisotopic (exact) mass is 349 g/mol. The first-order valence-corrected chi connectivity index (χ1v) is 7.86. The van der Waals surface area contributed by atoms with Gasteiger partial charge in [-0.1, -0.05) is 13.8 Å². The average Bonchev–Trinajstić information content (AvgIpc) is 2.75. The van der Waals surface area contributed by atoms with Crippen LogP contribution in [-0.4, -0.2) is 24.7 Å². The van der Waals surface area contributed by atoms with Crippen LogP contribution in [0.4, 0.5) is 0 Å². The summed E-state index contributed by atoms with van der Waals surface area (Å²) in [6, 6.07) is 2.00. The van der Waals surface area contributed by atoms with E-state index in [2.05, 4.69) is 21.2 Å². The number of thiophene rings is 1. The maximum Gasteiger partial charge on any atom is 0.310 e. The zero-order valence-electron chi connectivity index (χ0n) is 11.5. The molecule has 0 unspecified atom stereocenters. The van der Waals surface area contributed by atoms with Crippen molar-refractivity contribution in [1.29, 1.82) is 0 Å². The molecule has 2 N–H and O–H groups in total. The Hall–Kier alpha value is -0.590. The highest BCUT2D eigenvalue weighted by molar-refractivity contribution is 9.10. The van der Waals surface area contributed by atoms with Crippen LogP contribution in [0.1, 0.15) is 31.6 Å². The van der Waals surface area contributed by atoms with E-state index in [0.717, 1.165) is 14.4 Å². The Bertz CT molecular complexity index is 430. The summed E-state index contributed by atoms with van der Waals surface area (Å²) >= 11 is 4.98. The van der Waals surface area contributed by atoms with Crippen molar-refractivity contribution in [2.75, 3.05) is 13.7 Å². The molecule has 0 radical (unpaired) electrons. The Balaban J connectivity index is 2.59. The number of carboxylic acids is 1. The van der Waals surface area contributed by atoms with Crippen molar-refractivity contribution >= 4 is 33.2 Å². The first kappa shape index (κ1) is 16.5. The minimum Gasteiger partial charge on any atom is -0.486 e. The molecule has 19 heavy (non-hydrogen) atoms. The maximum absolute atomic E-state index is 11.4. The number of hydrogen-bond acceptors (Lipinski definition) is 4. The van der Waals surface area contributed by atoms with Gasteiger partial charge in [0.15, 0.2) is 5.06 Å². The fraction of sp³-hybridized carbons (Fsp3) is 0.615. The van der Waals surface area contributed by atoms with Gasteiger partial charge in [-0.3, -0.25) is 4.79 Å². The number of hydrogen-bond donors (Lipinski definition) is 2. The van der Waals surface area contributed by atoms with E-state index in [9.17, 15) is 9.90 Å². The lowest BCUT2D eigenvalue weighted by Gasteiger charge is -2.26. The number of ether oxygens (including phenoxy) is 1. The molecule has 0 aliphatic rings. The van der Waals surface area contributed by atoms with Crippen molar-refractivity contribution in [3.8, 4) is 5.06 Å². The number of carbonyl (C=O) groups is 1. The van der Waals surface area contributed by atoms with Gasteiger partial charge in [0.05, 0.1) is 17.0 Å². The van der Waals surface area contributed by atoms with E-state index in [1.54, 1.807) is 18.4 Å². The van der Waals surface area contributed by atoms with E-state index < -0.39 is 11.4 Å². The largest absolute Gasteiger partial charge is 0.486 e. The number of rotatable bonds is 8. The molecule has 0 bridgehead atoms.